The zero-order valence-corrected chi connectivity index (χ0v) is 12.6. The monoisotopic (exact) mass is 256 g/mol. The molecule has 1 rings (SSSR count). The first kappa shape index (κ1) is 16.9. The van der Waals surface area contributed by atoms with Crippen LogP contribution in [0.15, 0.2) is 0 Å². The molecule has 4 heteroatoms. The summed E-state index contributed by atoms with van der Waals surface area (Å²) in [4.78, 5) is 23.3. The Morgan fingerprint density at radius 2 is 1.72 bits per heavy atom. The second-order valence-corrected chi connectivity index (χ2v) is 5.95. The van der Waals surface area contributed by atoms with Crippen LogP contribution < -0.4 is 11.1 Å². The highest BCUT2D eigenvalue weighted by Gasteiger charge is 2.57. The average molecular weight is 256 g/mol. The predicted octanol–water partition coefficient (Wildman–Crippen LogP) is 2.08. The second-order valence-electron chi connectivity index (χ2n) is 5.95. The van der Waals surface area contributed by atoms with Crippen LogP contribution in [0.3, 0.4) is 0 Å². The van der Waals surface area contributed by atoms with Crippen molar-refractivity contribution in [1.82, 2.24) is 5.32 Å². The largest absolute Gasteiger partial charge is 0.369 e. The van der Waals surface area contributed by atoms with Gasteiger partial charge in [-0.25, -0.2) is 0 Å². The summed E-state index contributed by atoms with van der Waals surface area (Å²) in [5.74, 6) is -0.674. The Morgan fingerprint density at radius 1 is 1.28 bits per heavy atom. The van der Waals surface area contributed by atoms with Crippen LogP contribution in [0.2, 0.25) is 0 Å². The standard InChI is InChI=1S/C12H22N2O2.C2H6/c1-11(2,3)7-8(9(15)14-4)12(5-6-12)10(13)16;1-2/h8H,5-7H2,1-4H3,(H2,13,16)(H,14,15);1-2H3. The number of hydrogen-bond acceptors (Lipinski definition) is 2. The third kappa shape index (κ3) is 4.00. The van der Waals surface area contributed by atoms with Crippen molar-refractivity contribution in [2.45, 2.75) is 53.9 Å². The Morgan fingerprint density at radius 3 is 1.94 bits per heavy atom. The summed E-state index contributed by atoms with van der Waals surface area (Å²) in [5.41, 5.74) is 4.87. The fourth-order valence-corrected chi connectivity index (χ4v) is 2.23. The van der Waals surface area contributed by atoms with E-state index in [1.54, 1.807) is 7.05 Å². The first-order valence-electron chi connectivity index (χ1n) is 6.74. The summed E-state index contributed by atoms with van der Waals surface area (Å²) in [6.45, 7) is 10.2. The summed E-state index contributed by atoms with van der Waals surface area (Å²) < 4.78 is 0. The molecule has 0 saturated heterocycles. The maximum Gasteiger partial charge on any atom is 0.224 e. The number of carbonyl (C=O) groups excluding carboxylic acids is 2. The van der Waals surface area contributed by atoms with E-state index in [1.165, 1.54) is 0 Å². The zero-order chi connectivity index (χ0) is 14.6. The molecule has 106 valence electrons. The summed E-state index contributed by atoms with van der Waals surface area (Å²) in [6.07, 6.45) is 2.18. The number of rotatable bonds is 4. The van der Waals surface area contributed by atoms with Crippen molar-refractivity contribution < 1.29 is 9.59 Å². The summed E-state index contributed by atoms with van der Waals surface area (Å²) >= 11 is 0. The number of amides is 2. The second kappa shape index (κ2) is 6.21. The molecule has 0 aliphatic heterocycles. The van der Waals surface area contributed by atoms with E-state index >= 15 is 0 Å². The van der Waals surface area contributed by atoms with Crippen LogP contribution in [-0.4, -0.2) is 18.9 Å². The quantitative estimate of drug-likeness (QED) is 0.808. The lowest BCUT2D eigenvalue weighted by Gasteiger charge is -2.29. The molecule has 1 saturated carbocycles. The van der Waals surface area contributed by atoms with Gasteiger partial charge in [-0.2, -0.15) is 0 Å². The van der Waals surface area contributed by atoms with Crippen molar-refractivity contribution in [3.05, 3.63) is 0 Å². The molecule has 0 heterocycles. The van der Waals surface area contributed by atoms with Gasteiger partial charge in [-0.15, -0.1) is 0 Å². The smallest absolute Gasteiger partial charge is 0.224 e. The van der Waals surface area contributed by atoms with E-state index in [9.17, 15) is 9.59 Å². The van der Waals surface area contributed by atoms with E-state index in [4.69, 9.17) is 5.73 Å². The SMILES string of the molecule is CC.CNC(=O)C(CC(C)(C)C)C1(C(N)=O)CC1. The Labute approximate surface area is 111 Å². The molecule has 0 aromatic carbocycles. The molecule has 1 unspecified atom stereocenters. The molecule has 0 spiro atoms. The number of nitrogens with one attached hydrogen (secondary N) is 1. The molecular weight excluding hydrogens is 228 g/mol. The molecule has 0 radical (unpaired) electrons. The van der Waals surface area contributed by atoms with Crippen LogP contribution in [0, 0.1) is 16.7 Å². The molecule has 18 heavy (non-hydrogen) atoms. The van der Waals surface area contributed by atoms with Crippen LogP contribution in [0.1, 0.15) is 53.9 Å². The summed E-state index contributed by atoms with van der Waals surface area (Å²) in [7, 11) is 1.61. The Bertz CT molecular complexity index is 301. The molecule has 2 amide bonds. The van der Waals surface area contributed by atoms with Crippen LogP contribution in [0.4, 0.5) is 0 Å². The van der Waals surface area contributed by atoms with Crippen LogP contribution in [0.25, 0.3) is 0 Å². The van der Waals surface area contributed by atoms with Gasteiger partial charge in [0.15, 0.2) is 0 Å². The third-order valence-electron chi connectivity index (χ3n) is 3.33. The fourth-order valence-electron chi connectivity index (χ4n) is 2.23. The van der Waals surface area contributed by atoms with Gasteiger partial charge in [0, 0.05) is 7.05 Å². The van der Waals surface area contributed by atoms with Gasteiger partial charge in [0.2, 0.25) is 11.8 Å². The maximum absolute atomic E-state index is 11.9. The molecule has 4 nitrogen and oxygen atoms in total. The lowest BCUT2D eigenvalue weighted by Crippen LogP contribution is -2.42. The van der Waals surface area contributed by atoms with Gasteiger partial charge >= 0.3 is 0 Å². The highest BCUT2D eigenvalue weighted by atomic mass is 16.2. The van der Waals surface area contributed by atoms with Crippen LogP contribution in [-0.2, 0) is 9.59 Å². The molecule has 1 fully saturated rings. The van der Waals surface area contributed by atoms with Gasteiger partial charge in [0.05, 0.1) is 11.3 Å². The molecule has 0 bridgehead atoms. The van der Waals surface area contributed by atoms with E-state index in [-0.39, 0.29) is 23.1 Å². The van der Waals surface area contributed by atoms with Gasteiger partial charge in [-0.3, -0.25) is 9.59 Å². The molecule has 1 aliphatic carbocycles. The number of carbonyl (C=O) groups is 2. The van der Waals surface area contributed by atoms with Crippen molar-refractivity contribution in [3.8, 4) is 0 Å². The molecule has 3 N–H and O–H groups in total. The van der Waals surface area contributed by atoms with Gasteiger partial charge in [0.1, 0.15) is 0 Å². The first-order valence-corrected chi connectivity index (χ1v) is 6.74. The van der Waals surface area contributed by atoms with E-state index < -0.39 is 5.41 Å². The topological polar surface area (TPSA) is 72.2 Å². The van der Waals surface area contributed by atoms with E-state index in [0.717, 1.165) is 12.8 Å². The Balaban J connectivity index is 0.00000137. The van der Waals surface area contributed by atoms with Crippen molar-refractivity contribution in [2.75, 3.05) is 7.05 Å². The van der Waals surface area contributed by atoms with E-state index in [0.29, 0.717) is 6.42 Å². The highest BCUT2D eigenvalue weighted by Crippen LogP contribution is 2.54. The molecule has 1 atom stereocenters. The van der Waals surface area contributed by atoms with Crippen LogP contribution in [0.5, 0.6) is 0 Å². The van der Waals surface area contributed by atoms with Gasteiger partial charge in [-0.1, -0.05) is 34.6 Å². The van der Waals surface area contributed by atoms with Crippen molar-refractivity contribution >= 4 is 11.8 Å². The minimum atomic E-state index is -0.576. The average Bonchev–Trinajstić information content (AvgIpc) is 3.07. The van der Waals surface area contributed by atoms with Crippen molar-refractivity contribution in [3.63, 3.8) is 0 Å². The Kier molecular flexibility index (Phi) is 5.84. The zero-order valence-electron chi connectivity index (χ0n) is 12.6. The lowest BCUT2D eigenvalue weighted by molar-refractivity contribution is -0.135. The normalized spacial score (nSPS) is 18.1. The summed E-state index contributed by atoms with van der Waals surface area (Å²) in [5, 5.41) is 2.64. The third-order valence-corrected chi connectivity index (χ3v) is 3.33. The van der Waals surface area contributed by atoms with Gasteiger partial charge in [0.25, 0.3) is 0 Å². The van der Waals surface area contributed by atoms with E-state index in [2.05, 4.69) is 26.1 Å². The first-order chi connectivity index (χ1) is 8.23. The molecule has 1 aliphatic rings. The van der Waals surface area contributed by atoms with Crippen molar-refractivity contribution in [2.24, 2.45) is 22.5 Å². The number of nitrogens with two attached hydrogens (primary N) is 1. The van der Waals surface area contributed by atoms with Gasteiger partial charge in [-0.05, 0) is 24.7 Å². The maximum atomic E-state index is 11.9. The Hall–Kier alpha value is -1.06. The van der Waals surface area contributed by atoms with Crippen LogP contribution >= 0.6 is 0 Å². The lowest BCUT2D eigenvalue weighted by atomic mass is 9.76. The molecule has 0 aromatic rings. The number of hydrogen-bond donors (Lipinski definition) is 2. The fraction of sp³-hybridized carbons (Fsp3) is 0.857. The van der Waals surface area contributed by atoms with E-state index in [1.807, 2.05) is 13.8 Å². The minimum absolute atomic E-state index is 0.0161. The minimum Gasteiger partial charge on any atom is -0.369 e. The summed E-state index contributed by atoms with van der Waals surface area (Å²) in [6, 6.07) is 0. The highest BCUT2D eigenvalue weighted by molar-refractivity contribution is 5.91. The van der Waals surface area contributed by atoms with Crippen molar-refractivity contribution in [1.29, 1.82) is 0 Å². The molecular formula is C14H28N2O2. The predicted molar refractivity (Wildman–Crippen MR) is 73.8 cm³/mol. The van der Waals surface area contributed by atoms with Gasteiger partial charge < -0.3 is 11.1 Å². The molecule has 0 aromatic heterocycles. The number of primary amides is 1.